The van der Waals surface area contributed by atoms with E-state index in [0.717, 1.165) is 27.1 Å². The van der Waals surface area contributed by atoms with Gasteiger partial charge in [0.05, 0.1) is 0 Å². The van der Waals surface area contributed by atoms with Crippen LogP contribution in [0.4, 0.5) is 0 Å². The topological polar surface area (TPSA) is 9.23 Å². The van der Waals surface area contributed by atoms with Gasteiger partial charge in [-0.15, -0.1) is 0 Å². The van der Waals surface area contributed by atoms with Crippen molar-refractivity contribution >= 4 is 15.9 Å². The van der Waals surface area contributed by atoms with E-state index in [4.69, 9.17) is 4.74 Å². The second kappa shape index (κ2) is 4.71. The number of aryl methyl sites for hydroxylation is 2. The Hall–Kier alpha value is -1.28. The van der Waals surface area contributed by atoms with E-state index in [0.29, 0.717) is 0 Å². The quantitative estimate of drug-likeness (QED) is 0.761. The molecule has 1 nitrogen and oxygen atoms in total. The van der Waals surface area contributed by atoms with Crippen LogP contribution in [0.15, 0.2) is 46.9 Å². The van der Waals surface area contributed by atoms with Gasteiger partial charge >= 0.3 is 0 Å². The monoisotopic (exact) mass is 276 g/mol. The number of benzene rings is 2. The van der Waals surface area contributed by atoms with Gasteiger partial charge in [0, 0.05) is 4.47 Å². The standard InChI is InChI=1S/C14H13BrO/c1-10-4-3-5-11(2)14(10)16-13-8-6-12(15)7-9-13/h3-9H,1-2H3. The molecule has 0 bridgehead atoms. The highest BCUT2D eigenvalue weighted by Crippen LogP contribution is 2.28. The van der Waals surface area contributed by atoms with Gasteiger partial charge in [0.15, 0.2) is 0 Å². The molecule has 0 amide bonds. The van der Waals surface area contributed by atoms with Gasteiger partial charge in [0.2, 0.25) is 0 Å². The fraction of sp³-hybridized carbons (Fsp3) is 0.143. The van der Waals surface area contributed by atoms with Crippen LogP contribution < -0.4 is 4.74 Å². The molecule has 0 heterocycles. The summed E-state index contributed by atoms with van der Waals surface area (Å²) in [6, 6.07) is 14.0. The maximum atomic E-state index is 5.87. The summed E-state index contributed by atoms with van der Waals surface area (Å²) in [5, 5.41) is 0. The van der Waals surface area contributed by atoms with E-state index >= 15 is 0 Å². The fourth-order valence-electron chi connectivity index (χ4n) is 1.58. The minimum Gasteiger partial charge on any atom is -0.457 e. The highest BCUT2D eigenvalue weighted by atomic mass is 79.9. The lowest BCUT2D eigenvalue weighted by Gasteiger charge is -2.11. The van der Waals surface area contributed by atoms with Gasteiger partial charge < -0.3 is 4.74 Å². The molecule has 0 fully saturated rings. The van der Waals surface area contributed by atoms with Crippen LogP contribution in [-0.4, -0.2) is 0 Å². The lowest BCUT2D eigenvalue weighted by molar-refractivity contribution is 0.475. The molecule has 0 unspecified atom stereocenters. The number of hydrogen-bond acceptors (Lipinski definition) is 1. The average Bonchev–Trinajstić information content (AvgIpc) is 2.26. The predicted molar refractivity (Wildman–Crippen MR) is 70.1 cm³/mol. The van der Waals surface area contributed by atoms with Crippen molar-refractivity contribution in [2.45, 2.75) is 13.8 Å². The Morgan fingerprint density at radius 2 is 1.44 bits per heavy atom. The average molecular weight is 277 g/mol. The molecule has 0 aliphatic carbocycles. The summed E-state index contributed by atoms with van der Waals surface area (Å²) >= 11 is 3.40. The Labute approximate surface area is 104 Å². The molecule has 0 aliphatic rings. The minimum atomic E-state index is 0.862. The molecule has 82 valence electrons. The molecule has 0 saturated heterocycles. The van der Waals surface area contributed by atoms with Crippen molar-refractivity contribution in [3.8, 4) is 11.5 Å². The van der Waals surface area contributed by atoms with Crippen LogP contribution in [0.5, 0.6) is 11.5 Å². The summed E-state index contributed by atoms with van der Waals surface area (Å²) in [5.74, 6) is 1.81. The molecule has 2 heteroatoms. The highest BCUT2D eigenvalue weighted by molar-refractivity contribution is 9.10. The van der Waals surface area contributed by atoms with Gasteiger partial charge in [-0.1, -0.05) is 34.1 Å². The maximum Gasteiger partial charge on any atom is 0.133 e. The second-order valence-electron chi connectivity index (χ2n) is 3.78. The second-order valence-corrected chi connectivity index (χ2v) is 4.69. The molecule has 0 N–H and O–H groups in total. The first-order valence-electron chi connectivity index (χ1n) is 5.16. The zero-order valence-electron chi connectivity index (χ0n) is 9.33. The molecule has 0 spiro atoms. The molecule has 0 aromatic heterocycles. The lowest BCUT2D eigenvalue weighted by atomic mass is 10.1. The summed E-state index contributed by atoms with van der Waals surface area (Å²) in [6.45, 7) is 4.11. The van der Waals surface area contributed by atoms with Crippen LogP contribution in [0.3, 0.4) is 0 Å². The predicted octanol–water partition coefficient (Wildman–Crippen LogP) is 4.86. The van der Waals surface area contributed by atoms with Gasteiger partial charge in [-0.05, 0) is 49.2 Å². The summed E-state index contributed by atoms with van der Waals surface area (Å²) in [6.07, 6.45) is 0. The molecule has 2 aromatic carbocycles. The number of rotatable bonds is 2. The molecule has 0 radical (unpaired) electrons. The molecule has 0 aliphatic heterocycles. The largest absolute Gasteiger partial charge is 0.457 e. The van der Waals surface area contributed by atoms with E-state index in [1.807, 2.05) is 30.3 Å². The van der Waals surface area contributed by atoms with Gasteiger partial charge in [-0.3, -0.25) is 0 Å². The molecule has 0 atom stereocenters. The number of halogens is 1. The van der Waals surface area contributed by atoms with E-state index < -0.39 is 0 Å². The smallest absolute Gasteiger partial charge is 0.133 e. The Morgan fingerprint density at radius 1 is 0.875 bits per heavy atom. The maximum absolute atomic E-state index is 5.87. The Bertz CT molecular complexity index is 468. The van der Waals surface area contributed by atoms with Crippen molar-refractivity contribution in [1.82, 2.24) is 0 Å². The van der Waals surface area contributed by atoms with Crippen molar-refractivity contribution in [2.75, 3.05) is 0 Å². The molecule has 2 rings (SSSR count). The van der Waals surface area contributed by atoms with Crippen LogP contribution >= 0.6 is 15.9 Å². The Morgan fingerprint density at radius 3 is 2.00 bits per heavy atom. The van der Waals surface area contributed by atoms with Gasteiger partial charge in [-0.25, -0.2) is 0 Å². The van der Waals surface area contributed by atoms with E-state index in [2.05, 4.69) is 41.9 Å². The van der Waals surface area contributed by atoms with Crippen molar-refractivity contribution in [2.24, 2.45) is 0 Å². The van der Waals surface area contributed by atoms with Gasteiger partial charge in [-0.2, -0.15) is 0 Å². The first-order valence-corrected chi connectivity index (χ1v) is 5.96. The van der Waals surface area contributed by atoms with E-state index in [1.165, 1.54) is 0 Å². The van der Waals surface area contributed by atoms with Crippen LogP contribution in [0, 0.1) is 13.8 Å². The lowest BCUT2D eigenvalue weighted by Crippen LogP contribution is -1.90. The van der Waals surface area contributed by atoms with E-state index in [9.17, 15) is 0 Å². The van der Waals surface area contributed by atoms with Gasteiger partial charge in [0.1, 0.15) is 11.5 Å². The number of ether oxygens (including phenoxy) is 1. The highest BCUT2D eigenvalue weighted by Gasteiger charge is 2.04. The van der Waals surface area contributed by atoms with Crippen LogP contribution in [0.1, 0.15) is 11.1 Å². The van der Waals surface area contributed by atoms with Crippen LogP contribution in [-0.2, 0) is 0 Å². The van der Waals surface area contributed by atoms with E-state index in [-0.39, 0.29) is 0 Å². The SMILES string of the molecule is Cc1cccc(C)c1Oc1ccc(Br)cc1. The van der Waals surface area contributed by atoms with Crippen LogP contribution in [0.2, 0.25) is 0 Å². The zero-order chi connectivity index (χ0) is 11.5. The summed E-state index contributed by atoms with van der Waals surface area (Å²) in [4.78, 5) is 0. The fourth-order valence-corrected chi connectivity index (χ4v) is 1.84. The summed E-state index contributed by atoms with van der Waals surface area (Å²) < 4.78 is 6.93. The normalized spacial score (nSPS) is 10.2. The third-order valence-electron chi connectivity index (χ3n) is 2.44. The van der Waals surface area contributed by atoms with Crippen molar-refractivity contribution in [1.29, 1.82) is 0 Å². The first-order chi connectivity index (χ1) is 7.66. The number of para-hydroxylation sites is 1. The third kappa shape index (κ3) is 2.45. The molecule has 2 aromatic rings. The van der Waals surface area contributed by atoms with Gasteiger partial charge in [0.25, 0.3) is 0 Å². The Kier molecular flexibility index (Phi) is 3.30. The molecular formula is C14H13BrO. The first kappa shape index (κ1) is 11.2. The zero-order valence-corrected chi connectivity index (χ0v) is 10.9. The summed E-state index contributed by atoms with van der Waals surface area (Å²) in [7, 11) is 0. The molecule has 0 saturated carbocycles. The number of hydrogen-bond donors (Lipinski definition) is 0. The van der Waals surface area contributed by atoms with Crippen molar-refractivity contribution < 1.29 is 4.74 Å². The van der Waals surface area contributed by atoms with Crippen molar-refractivity contribution in [3.05, 3.63) is 58.1 Å². The molecular weight excluding hydrogens is 264 g/mol. The van der Waals surface area contributed by atoms with Crippen LogP contribution in [0.25, 0.3) is 0 Å². The van der Waals surface area contributed by atoms with E-state index in [1.54, 1.807) is 0 Å². The molecule has 16 heavy (non-hydrogen) atoms. The third-order valence-corrected chi connectivity index (χ3v) is 2.97. The van der Waals surface area contributed by atoms with Crippen molar-refractivity contribution in [3.63, 3.8) is 0 Å². The minimum absolute atomic E-state index is 0.862. The Balaban J connectivity index is 2.30. The summed E-state index contributed by atoms with van der Waals surface area (Å²) in [5.41, 5.74) is 2.31.